The van der Waals surface area contributed by atoms with E-state index in [9.17, 15) is 4.79 Å². The molecular formula is C14H14N2O3. The highest BCUT2D eigenvalue weighted by Gasteiger charge is 2.08. The van der Waals surface area contributed by atoms with Gasteiger partial charge in [-0.2, -0.15) is 0 Å². The summed E-state index contributed by atoms with van der Waals surface area (Å²) in [5.74, 6) is 0.0850. The second kappa shape index (κ2) is 5.48. The zero-order valence-electron chi connectivity index (χ0n) is 10.8. The first-order chi connectivity index (χ1) is 9.11. The maximum atomic E-state index is 10.7. The minimum absolute atomic E-state index is 0.223. The molecule has 0 spiro atoms. The maximum Gasteiger partial charge on any atom is 0.335 e. The van der Waals surface area contributed by atoms with Crippen LogP contribution in [0, 0.1) is 6.92 Å². The molecule has 1 heterocycles. The largest absolute Gasteiger partial charge is 0.478 e. The van der Waals surface area contributed by atoms with Gasteiger partial charge in [0.25, 0.3) is 0 Å². The molecule has 0 atom stereocenters. The normalized spacial score (nSPS) is 10.2. The molecule has 98 valence electrons. The topological polar surface area (TPSA) is 72.3 Å². The predicted octanol–water partition coefficient (Wildman–Crippen LogP) is 2.84. The van der Waals surface area contributed by atoms with Crippen molar-refractivity contribution in [2.75, 3.05) is 0 Å². The molecule has 5 nitrogen and oxygen atoms in total. The Labute approximate surface area is 110 Å². The lowest BCUT2D eigenvalue weighted by Crippen LogP contribution is -1.99. The number of carboxylic acid groups (broad SMARTS) is 1. The molecule has 19 heavy (non-hydrogen) atoms. The van der Waals surface area contributed by atoms with E-state index in [0.29, 0.717) is 11.6 Å². The van der Waals surface area contributed by atoms with Gasteiger partial charge in [-0.15, -0.1) is 0 Å². The minimum atomic E-state index is -0.960. The highest BCUT2D eigenvalue weighted by Crippen LogP contribution is 2.24. The number of carboxylic acids is 1. The zero-order valence-corrected chi connectivity index (χ0v) is 10.8. The van der Waals surface area contributed by atoms with Crippen LogP contribution in [0.5, 0.6) is 11.6 Å². The van der Waals surface area contributed by atoms with Crippen LogP contribution in [0.2, 0.25) is 0 Å². The third-order valence-electron chi connectivity index (χ3n) is 2.79. The summed E-state index contributed by atoms with van der Waals surface area (Å²) >= 11 is 0. The molecule has 0 radical (unpaired) electrons. The Morgan fingerprint density at radius 1 is 1.26 bits per heavy atom. The molecule has 1 aromatic heterocycles. The van der Waals surface area contributed by atoms with E-state index in [1.54, 1.807) is 12.1 Å². The molecule has 2 rings (SSSR count). The first kappa shape index (κ1) is 13.0. The zero-order chi connectivity index (χ0) is 13.8. The molecule has 2 aromatic rings. The van der Waals surface area contributed by atoms with E-state index in [1.165, 1.54) is 18.5 Å². The molecule has 5 heteroatoms. The third-order valence-corrected chi connectivity index (χ3v) is 2.79. The van der Waals surface area contributed by atoms with Crippen LogP contribution in [0.4, 0.5) is 0 Å². The number of hydrogen-bond donors (Lipinski definition) is 1. The summed E-state index contributed by atoms with van der Waals surface area (Å²) < 4.78 is 5.64. The Bertz CT molecular complexity index is 594. The monoisotopic (exact) mass is 258 g/mol. The third kappa shape index (κ3) is 2.88. The van der Waals surface area contributed by atoms with Crippen molar-refractivity contribution in [1.29, 1.82) is 0 Å². The summed E-state index contributed by atoms with van der Waals surface area (Å²) in [7, 11) is 0. The number of carbonyl (C=O) groups is 1. The van der Waals surface area contributed by atoms with Crippen LogP contribution in [0.25, 0.3) is 0 Å². The molecule has 0 fully saturated rings. The highest BCUT2D eigenvalue weighted by molar-refractivity contribution is 5.87. The van der Waals surface area contributed by atoms with Crippen molar-refractivity contribution in [2.45, 2.75) is 20.3 Å². The van der Waals surface area contributed by atoms with Crippen molar-refractivity contribution in [3.63, 3.8) is 0 Å². The highest BCUT2D eigenvalue weighted by atomic mass is 16.5. The molecule has 1 aromatic carbocycles. The Balaban J connectivity index is 2.24. The van der Waals surface area contributed by atoms with Gasteiger partial charge in [0.1, 0.15) is 12.1 Å². The van der Waals surface area contributed by atoms with Gasteiger partial charge in [0.2, 0.25) is 5.88 Å². The number of hydrogen-bond acceptors (Lipinski definition) is 4. The molecule has 0 unspecified atom stereocenters. The van der Waals surface area contributed by atoms with Gasteiger partial charge in [0, 0.05) is 5.56 Å². The smallest absolute Gasteiger partial charge is 0.335 e. The summed E-state index contributed by atoms with van der Waals surface area (Å²) in [6.45, 7) is 3.92. The lowest BCUT2D eigenvalue weighted by Gasteiger charge is -2.09. The molecule has 0 aliphatic carbocycles. The molecular weight excluding hydrogens is 244 g/mol. The molecule has 0 saturated heterocycles. The van der Waals surface area contributed by atoms with Crippen molar-refractivity contribution < 1.29 is 14.6 Å². The average molecular weight is 258 g/mol. The van der Waals surface area contributed by atoms with Gasteiger partial charge in [-0.3, -0.25) is 0 Å². The summed E-state index contributed by atoms with van der Waals surface area (Å²) in [5.41, 5.74) is 2.06. The van der Waals surface area contributed by atoms with Crippen LogP contribution < -0.4 is 4.74 Å². The predicted molar refractivity (Wildman–Crippen MR) is 69.6 cm³/mol. The van der Waals surface area contributed by atoms with E-state index >= 15 is 0 Å². The van der Waals surface area contributed by atoms with E-state index < -0.39 is 5.97 Å². The van der Waals surface area contributed by atoms with E-state index in [1.807, 2.05) is 13.8 Å². The Morgan fingerprint density at radius 2 is 1.95 bits per heavy atom. The van der Waals surface area contributed by atoms with Crippen LogP contribution in [-0.2, 0) is 6.42 Å². The van der Waals surface area contributed by atoms with Gasteiger partial charge in [-0.05, 0) is 37.6 Å². The van der Waals surface area contributed by atoms with Gasteiger partial charge < -0.3 is 9.84 Å². The van der Waals surface area contributed by atoms with Crippen molar-refractivity contribution in [2.24, 2.45) is 0 Å². The fourth-order valence-electron chi connectivity index (χ4n) is 1.70. The Morgan fingerprint density at radius 3 is 2.53 bits per heavy atom. The lowest BCUT2D eigenvalue weighted by atomic mass is 10.2. The number of ether oxygens (including phenoxy) is 1. The fourth-order valence-corrected chi connectivity index (χ4v) is 1.70. The second-order valence-electron chi connectivity index (χ2n) is 4.04. The fraction of sp³-hybridized carbons (Fsp3) is 0.214. The van der Waals surface area contributed by atoms with E-state index in [0.717, 1.165) is 17.7 Å². The van der Waals surface area contributed by atoms with Gasteiger partial charge >= 0.3 is 5.97 Å². The van der Waals surface area contributed by atoms with Crippen molar-refractivity contribution >= 4 is 5.97 Å². The molecule has 1 N–H and O–H groups in total. The average Bonchev–Trinajstić information content (AvgIpc) is 2.42. The second-order valence-corrected chi connectivity index (χ2v) is 4.04. The Kier molecular flexibility index (Phi) is 3.75. The van der Waals surface area contributed by atoms with Crippen LogP contribution >= 0.6 is 0 Å². The van der Waals surface area contributed by atoms with Gasteiger partial charge in [0.15, 0.2) is 0 Å². The van der Waals surface area contributed by atoms with Crippen molar-refractivity contribution in [3.8, 4) is 11.6 Å². The summed E-state index contributed by atoms with van der Waals surface area (Å²) in [6.07, 6.45) is 2.27. The molecule has 0 bridgehead atoms. The summed E-state index contributed by atoms with van der Waals surface area (Å²) in [4.78, 5) is 19.0. The summed E-state index contributed by atoms with van der Waals surface area (Å²) in [6, 6.07) is 6.21. The first-order valence-corrected chi connectivity index (χ1v) is 5.93. The minimum Gasteiger partial charge on any atom is -0.478 e. The van der Waals surface area contributed by atoms with Crippen LogP contribution in [0.3, 0.4) is 0 Å². The number of aromatic nitrogens is 2. The van der Waals surface area contributed by atoms with Crippen LogP contribution in [0.15, 0.2) is 30.6 Å². The van der Waals surface area contributed by atoms with Gasteiger partial charge in [-0.1, -0.05) is 6.92 Å². The molecule has 0 amide bonds. The van der Waals surface area contributed by atoms with E-state index in [4.69, 9.17) is 9.84 Å². The number of nitrogens with zero attached hydrogens (tertiary/aromatic N) is 2. The number of aryl methyl sites for hydroxylation is 1. The number of rotatable bonds is 4. The number of benzene rings is 1. The van der Waals surface area contributed by atoms with Crippen LogP contribution in [0.1, 0.15) is 28.5 Å². The lowest BCUT2D eigenvalue weighted by molar-refractivity contribution is 0.0697. The van der Waals surface area contributed by atoms with Gasteiger partial charge in [-0.25, -0.2) is 14.8 Å². The quantitative estimate of drug-likeness (QED) is 0.912. The molecule has 0 aliphatic rings. The van der Waals surface area contributed by atoms with Gasteiger partial charge in [0.05, 0.1) is 11.3 Å². The SMILES string of the molecule is CCc1ncnc(Oc2ccc(C(=O)O)cc2)c1C. The first-order valence-electron chi connectivity index (χ1n) is 5.93. The molecule has 0 saturated carbocycles. The van der Waals surface area contributed by atoms with Crippen LogP contribution in [-0.4, -0.2) is 21.0 Å². The maximum absolute atomic E-state index is 10.7. The van der Waals surface area contributed by atoms with E-state index in [2.05, 4.69) is 9.97 Å². The number of aromatic carboxylic acids is 1. The summed E-state index contributed by atoms with van der Waals surface area (Å²) in [5, 5.41) is 8.82. The molecule has 0 aliphatic heterocycles. The van der Waals surface area contributed by atoms with Crippen molar-refractivity contribution in [1.82, 2.24) is 9.97 Å². The van der Waals surface area contributed by atoms with Crippen molar-refractivity contribution in [3.05, 3.63) is 47.4 Å². The van der Waals surface area contributed by atoms with E-state index in [-0.39, 0.29) is 5.56 Å². The standard InChI is InChI=1S/C14H14N2O3/c1-3-12-9(2)13(16-8-15-12)19-11-6-4-10(5-7-11)14(17)18/h4-8H,3H2,1-2H3,(H,17,18). The Hall–Kier alpha value is -2.43.